The normalized spacial score (nSPS) is 12.7. The zero-order valence-corrected chi connectivity index (χ0v) is 9.75. The molecule has 0 bridgehead atoms. The number of thiazole rings is 1. The molecule has 2 aromatic rings. The van der Waals surface area contributed by atoms with Gasteiger partial charge in [-0.25, -0.2) is 4.98 Å². The van der Waals surface area contributed by atoms with Crippen LogP contribution in [0.2, 0.25) is 0 Å². The van der Waals surface area contributed by atoms with Gasteiger partial charge in [-0.15, -0.1) is 11.3 Å². The van der Waals surface area contributed by atoms with Gasteiger partial charge in [0.05, 0.1) is 16.0 Å². The molecule has 0 saturated heterocycles. The Morgan fingerprint density at radius 3 is 2.16 bits per heavy atom. The van der Waals surface area contributed by atoms with Crippen molar-refractivity contribution in [3.63, 3.8) is 0 Å². The van der Waals surface area contributed by atoms with E-state index in [4.69, 9.17) is 0 Å². The second-order valence-electron chi connectivity index (χ2n) is 3.57. The van der Waals surface area contributed by atoms with Crippen LogP contribution >= 0.6 is 11.3 Å². The highest BCUT2D eigenvalue weighted by molar-refractivity contribution is 7.12. The molecule has 0 aliphatic carbocycles. The van der Waals surface area contributed by atoms with Gasteiger partial charge >= 0.3 is 12.4 Å². The minimum atomic E-state index is -4.87. The van der Waals surface area contributed by atoms with E-state index in [2.05, 4.69) is 10.5 Å². The summed E-state index contributed by atoms with van der Waals surface area (Å²) in [6.45, 7) is 0. The zero-order chi connectivity index (χ0) is 14.3. The van der Waals surface area contributed by atoms with Crippen LogP contribution in [0.1, 0.15) is 11.1 Å². The van der Waals surface area contributed by atoms with Crippen molar-refractivity contribution in [2.75, 3.05) is 0 Å². The van der Waals surface area contributed by atoms with E-state index in [0.29, 0.717) is 6.07 Å². The number of rotatable bonds is 1. The summed E-state index contributed by atoms with van der Waals surface area (Å²) in [5, 5.41) is 0. The molecule has 0 amide bonds. The van der Waals surface area contributed by atoms with Gasteiger partial charge in [-0.05, 0) is 12.1 Å². The van der Waals surface area contributed by atoms with Crippen LogP contribution in [-0.2, 0) is 12.4 Å². The fraction of sp³-hybridized carbons (Fsp3) is 0.182. The van der Waals surface area contributed by atoms with Gasteiger partial charge in [0.1, 0.15) is 0 Å². The lowest BCUT2D eigenvalue weighted by molar-refractivity contribution is -0.142. The van der Waals surface area contributed by atoms with E-state index in [-0.39, 0.29) is 16.5 Å². The molecule has 0 N–H and O–H groups in total. The molecular weight excluding hydrogens is 292 g/mol. The van der Waals surface area contributed by atoms with E-state index < -0.39 is 23.5 Å². The summed E-state index contributed by atoms with van der Waals surface area (Å²) in [5.41, 5.74) is -0.650. The summed E-state index contributed by atoms with van der Waals surface area (Å²) >= 11 is 0.802. The maximum atomic E-state index is 12.8. The topological polar surface area (TPSA) is 12.9 Å². The summed E-state index contributed by atoms with van der Waals surface area (Å²) in [7, 11) is 0. The maximum absolute atomic E-state index is 12.8. The van der Waals surface area contributed by atoms with Gasteiger partial charge in [-0.3, -0.25) is 0 Å². The van der Waals surface area contributed by atoms with E-state index in [1.165, 1.54) is 0 Å². The first kappa shape index (κ1) is 13.9. The van der Waals surface area contributed by atoms with Gasteiger partial charge in [0, 0.05) is 11.8 Å². The van der Waals surface area contributed by atoms with Crippen molar-refractivity contribution >= 4 is 11.3 Å². The molecule has 19 heavy (non-hydrogen) atoms. The van der Waals surface area contributed by atoms with E-state index in [9.17, 15) is 26.3 Å². The lowest BCUT2D eigenvalue weighted by Crippen LogP contribution is -2.11. The monoisotopic (exact) mass is 296 g/mol. The Morgan fingerprint density at radius 2 is 1.68 bits per heavy atom. The fourth-order valence-corrected chi connectivity index (χ4v) is 2.08. The van der Waals surface area contributed by atoms with Crippen LogP contribution in [0, 0.1) is 5.51 Å². The highest BCUT2D eigenvalue weighted by atomic mass is 32.1. The minimum Gasteiger partial charge on any atom is -0.241 e. The summed E-state index contributed by atoms with van der Waals surface area (Å²) in [4.78, 5) is 3.61. The number of hydrogen-bond acceptors (Lipinski definition) is 2. The Kier molecular flexibility index (Phi) is 3.29. The molecule has 1 nitrogen and oxygen atoms in total. The lowest BCUT2D eigenvalue weighted by Gasteiger charge is -2.14. The van der Waals surface area contributed by atoms with Gasteiger partial charge in [0.25, 0.3) is 0 Å². The molecule has 1 aromatic heterocycles. The molecule has 0 fully saturated rings. The van der Waals surface area contributed by atoms with E-state index in [1.807, 2.05) is 0 Å². The third-order valence-electron chi connectivity index (χ3n) is 2.31. The van der Waals surface area contributed by atoms with Crippen molar-refractivity contribution in [3.8, 4) is 10.4 Å². The molecule has 1 heterocycles. The number of alkyl halides is 6. The van der Waals surface area contributed by atoms with Crippen LogP contribution in [-0.4, -0.2) is 4.98 Å². The average molecular weight is 296 g/mol. The number of halogens is 6. The molecule has 0 spiro atoms. The van der Waals surface area contributed by atoms with E-state index in [1.54, 1.807) is 0 Å². The molecule has 0 saturated carbocycles. The van der Waals surface area contributed by atoms with Crippen molar-refractivity contribution in [1.29, 1.82) is 0 Å². The highest BCUT2D eigenvalue weighted by Crippen LogP contribution is 2.41. The smallest absolute Gasteiger partial charge is 0.241 e. The second kappa shape index (κ2) is 4.52. The first-order chi connectivity index (χ1) is 8.69. The van der Waals surface area contributed by atoms with Gasteiger partial charge in [0.2, 0.25) is 0 Å². The number of aromatic nitrogens is 1. The molecule has 8 heteroatoms. The maximum Gasteiger partial charge on any atom is 0.417 e. The second-order valence-corrected chi connectivity index (χ2v) is 4.40. The van der Waals surface area contributed by atoms with Crippen LogP contribution < -0.4 is 0 Å². The highest BCUT2D eigenvalue weighted by Gasteiger charge is 2.38. The molecule has 0 atom stereocenters. The number of hydrogen-bond donors (Lipinski definition) is 0. The molecule has 1 radical (unpaired) electrons. The molecule has 1 aromatic carbocycles. The Labute approximate surface area is 107 Å². The van der Waals surface area contributed by atoms with Gasteiger partial charge in [-0.1, -0.05) is 6.07 Å². The van der Waals surface area contributed by atoms with Crippen molar-refractivity contribution in [2.45, 2.75) is 12.4 Å². The number of benzene rings is 1. The Morgan fingerprint density at radius 1 is 1.00 bits per heavy atom. The fourth-order valence-electron chi connectivity index (χ4n) is 1.48. The number of nitrogens with zero attached hydrogens (tertiary/aromatic N) is 1. The lowest BCUT2D eigenvalue weighted by atomic mass is 10.0. The third kappa shape index (κ3) is 2.89. The largest absolute Gasteiger partial charge is 0.417 e. The standard InChI is InChI=1S/C11H4F6NS/c12-10(13,14)6-1-2-7(9-4-18-5-19-9)8(3-6)11(15,16)17/h1-4H. The molecule has 2 rings (SSSR count). The van der Waals surface area contributed by atoms with Crippen molar-refractivity contribution in [1.82, 2.24) is 4.98 Å². The predicted molar refractivity (Wildman–Crippen MR) is 56.4 cm³/mol. The summed E-state index contributed by atoms with van der Waals surface area (Å²) in [6, 6.07) is 1.52. The SMILES string of the molecule is FC(F)(F)c1ccc(-c2cn[c]s2)c(C(F)(F)F)c1. The van der Waals surface area contributed by atoms with Crippen LogP contribution in [0.4, 0.5) is 26.3 Å². The van der Waals surface area contributed by atoms with Gasteiger partial charge in [0.15, 0.2) is 5.51 Å². The third-order valence-corrected chi connectivity index (χ3v) is 3.05. The summed E-state index contributed by atoms with van der Waals surface area (Å²) in [5.74, 6) is 0. The first-order valence-electron chi connectivity index (χ1n) is 4.80. The Balaban J connectivity index is 2.63. The van der Waals surface area contributed by atoms with E-state index in [0.717, 1.165) is 23.6 Å². The van der Waals surface area contributed by atoms with Crippen molar-refractivity contribution in [2.24, 2.45) is 0 Å². The molecule has 101 valence electrons. The van der Waals surface area contributed by atoms with Crippen LogP contribution in [0.5, 0.6) is 0 Å². The molecule has 0 unspecified atom stereocenters. The van der Waals surface area contributed by atoms with Crippen molar-refractivity contribution < 1.29 is 26.3 Å². The van der Waals surface area contributed by atoms with E-state index >= 15 is 0 Å². The Bertz CT molecular complexity index is 570. The van der Waals surface area contributed by atoms with Gasteiger partial charge in [-0.2, -0.15) is 26.3 Å². The predicted octanol–water partition coefficient (Wildman–Crippen LogP) is 4.65. The van der Waals surface area contributed by atoms with Crippen LogP contribution in [0.25, 0.3) is 10.4 Å². The average Bonchev–Trinajstić information content (AvgIpc) is 2.79. The van der Waals surface area contributed by atoms with Crippen molar-refractivity contribution in [3.05, 3.63) is 41.0 Å². The minimum absolute atomic E-state index is 0.106. The summed E-state index contributed by atoms with van der Waals surface area (Å²) < 4.78 is 75.8. The Hall–Kier alpha value is -1.57. The summed E-state index contributed by atoms with van der Waals surface area (Å²) in [6.07, 6.45) is -8.57. The van der Waals surface area contributed by atoms with Crippen LogP contribution in [0.15, 0.2) is 24.4 Å². The molecular formula is C11H4F6NS. The molecule has 0 aliphatic rings. The quantitative estimate of drug-likeness (QED) is 0.698. The van der Waals surface area contributed by atoms with Crippen LogP contribution in [0.3, 0.4) is 0 Å². The van der Waals surface area contributed by atoms with Gasteiger partial charge < -0.3 is 0 Å². The molecule has 0 aliphatic heterocycles. The zero-order valence-electron chi connectivity index (χ0n) is 8.93. The first-order valence-corrected chi connectivity index (χ1v) is 5.62.